The number of aromatic hydroxyl groups is 4. The Bertz CT molecular complexity index is 1230. The molecule has 0 unspecified atom stereocenters. The lowest BCUT2D eigenvalue weighted by molar-refractivity contribution is 0.436. The third-order valence-corrected chi connectivity index (χ3v) is 6.71. The van der Waals surface area contributed by atoms with E-state index in [9.17, 15) is 20.4 Å². The molecule has 0 spiro atoms. The monoisotopic (exact) mass is 440 g/mol. The van der Waals surface area contributed by atoms with Crippen molar-refractivity contribution < 1.29 is 20.4 Å². The molecule has 0 fully saturated rings. The second kappa shape index (κ2) is 8.21. The summed E-state index contributed by atoms with van der Waals surface area (Å²) in [5, 5.41) is 39.9. The molecule has 0 radical (unpaired) electrons. The molecule has 4 aromatic rings. The van der Waals surface area contributed by atoms with Gasteiger partial charge in [0.15, 0.2) is 0 Å². The van der Waals surface area contributed by atoms with Gasteiger partial charge >= 0.3 is 0 Å². The Morgan fingerprint density at radius 1 is 0.485 bits per heavy atom. The SMILES string of the molecule is CC(C)(c1cccc(C(C)(c2ccc(O)cc2)c2ccc(O)cc2)c1)c1ccc(O)cc1O. The third-order valence-electron chi connectivity index (χ3n) is 6.71. The second-order valence-corrected chi connectivity index (χ2v) is 9.13. The lowest BCUT2D eigenvalue weighted by atomic mass is 9.69. The number of hydrogen-bond donors (Lipinski definition) is 4. The van der Waals surface area contributed by atoms with Crippen molar-refractivity contribution in [3.8, 4) is 23.0 Å². The zero-order valence-electron chi connectivity index (χ0n) is 18.9. The Balaban J connectivity index is 1.90. The van der Waals surface area contributed by atoms with Gasteiger partial charge in [-0.25, -0.2) is 0 Å². The molecule has 0 aromatic heterocycles. The summed E-state index contributed by atoms with van der Waals surface area (Å²) in [6, 6.07) is 27.3. The molecule has 168 valence electrons. The third kappa shape index (κ3) is 4.00. The van der Waals surface area contributed by atoms with Crippen LogP contribution in [0.5, 0.6) is 23.0 Å². The topological polar surface area (TPSA) is 80.9 Å². The highest BCUT2D eigenvalue weighted by molar-refractivity contribution is 5.54. The second-order valence-electron chi connectivity index (χ2n) is 9.13. The van der Waals surface area contributed by atoms with E-state index in [4.69, 9.17) is 0 Å². The molecule has 0 saturated carbocycles. The first-order valence-corrected chi connectivity index (χ1v) is 10.8. The minimum absolute atomic E-state index is 0.0213. The van der Waals surface area contributed by atoms with Gasteiger partial charge in [-0.15, -0.1) is 0 Å². The van der Waals surface area contributed by atoms with Crippen LogP contribution >= 0.6 is 0 Å². The standard InChI is InChI=1S/C29H28O4/c1-28(2,26-16-15-25(32)18-27(26)33)21-5-4-6-22(17-21)29(3,19-7-11-23(30)12-8-19)20-9-13-24(31)14-10-20/h4-18,30-33H,1-3H3. The van der Waals surface area contributed by atoms with Crippen LogP contribution in [0.15, 0.2) is 91.0 Å². The van der Waals surface area contributed by atoms with E-state index in [1.807, 2.05) is 50.2 Å². The molecule has 4 rings (SSSR count). The van der Waals surface area contributed by atoms with Gasteiger partial charge in [0.25, 0.3) is 0 Å². The van der Waals surface area contributed by atoms with Gasteiger partial charge in [0.05, 0.1) is 0 Å². The summed E-state index contributed by atoms with van der Waals surface area (Å²) in [6.07, 6.45) is 0. The molecule has 0 bridgehead atoms. The first kappa shape index (κ1) is 22.3. The van der Waals surface area contributed by atoms with Crippen molar-refractivity contribution in [1.29, 1.82) is 0 Å². The van der Waals surface area contributed by atoms with Crippen LogP contribution in [0, 0.1) is 0 Å². The molecule has 4 aromatic carbocycles. The average Bonchev–Trinajstić information content (AvgIpc) is 2.79. The molecular formula is C29H28O4. The summed E-state index contributed by atoms with van der Waals surface area (Å²) in [6.45, 7) is 6.20. The molecule has 4 N–H and O–H groups in total. The summed E-state index contributed by atoms with van der Waals surface area (Å²) >= 11 is 0. The number of hydrogen-bond acceptors (Lipinski definition) is 4. The lowest BCUT2D eigenvalue weighted by Gasteiger charge is -2.34. The molecule has 0 atom stereocenters. The van der Waals surface area contributed by atoms with Gasteiger partial charge in [-0.3, -0.25) is 0 Å². The van der Waals surface area contributed by atoms with E-state index in [1.54, 1.807) is 36.4 Å². The van der Waals surface area contributed by atoms with E-state index in [1.165, 1.54) is 6.07 Å². The minimum Gasteiger partial charge on any atom is -0.508 e. The van der Waals surface area contributed by atoms with Gasteiger partial charge in [-0.2, -0.15) is 0 Å². The maximum atomic E-state index is 10.5. The first-order valence-electron chi connectivity index (χ1n) is 10.8. The van der Waals surface area contributed by atoms with Gasteiger partial charge in [0.2, 0.25) is 0 Å². The van der Waals surface area contributed by atoms with E-state index in [2.05, 4.69) is 19.1 Å². The Morgan fingerprint density at radius 3 is 1.48 bits per heavy atom. The Labute approximate surface area is 194 Å². The summed E-state index contributed by atoms with van der Waals surface area (Å²) in [5.74, 6) is 0.465. The highest BCUT2D eigenvalue weighted by Gasteiger charge is 2.33. The quantitative estimate of drug-likeness (QED) is 0.279. The van der Waals surface area contributed by atoms with Crippen LogP contribution in [0.2, 0.25) is 0 Å². The maximum absolute atomic E-state index is 10.5. The number of benzene rings is 4. The van der Waals surface area contributed by atoms with Crippen molar-refractivity contribution in [2.45, 2.75) is 31.6 Å². The number of phenolic OH excluding ortho intramolecular Hbond substituents is 4. The van der Waals surface area contributed by atoms with Crippen molar-refractivity contribution in [2.24, 2.45) is 0 Å². The highest BCUT2D eigenvalue weighted by Crippen LogP contribution is 2.43. The average molecular weight is 441 g/mol. The van der Waals surface area contributed by atoms with Crippen LogP contribution in [-0.4, -0.2) is 20.4 Å². The van der Waals surface area contributed by atoms with Crippen molar-refractivity contribution in [3.63, 3.8) is 0 Å². The van der Waals surface area contributed by atoms with E-state index < -0.39 is 10.8 Å². The van der Waals surface area contributed by atoms with E-state index in [0.29, 0.717) is 5.56 Å². The molecule has 33 heavy (non-hydrogen) atoms. The fourth-order valence-electron chi connectivity index (χ4n) is 4.51. The fourth-order valence-corrected chi connectivity index (χ4v) is 4.51. The highest BCUT2D eigenvalue weighted by atomic mass is 16.3. The van der Waals surface area contributed by atoms with Crippen molar-refractivity contribution in [2.75, 3.05) is 0 Å². The van der Waals surface area contributed by atoms with Gasteiger partial charge < -0.3 is 20.4 Å². The van der Waals surface area contributed by atoms with Crippen molar-refractivity contribution in [3.05, 3.63) is 119 Å². The smallest absolute Gasteiger partial charge is 0.123 e. The fraction of sp³-hybridized carbons (Fsp3) is 0.172. The van der Waals surface area contributed by atoms with E-state index in [0.717, 1.165) is 22.3 Å². The predicted molar refractivity (Wildman–Crippen MR) is 130 cm³/mol. The molecule has 4 heteroatoms. The molecule has 0 aliphatic carbocycles. The normalized spacial score (nSPS) is 12.0. The van der Waals surface area contributed by atoms with Crippen LogP contribution in [-0.2, 0) is 10.8 Å². The Morgan fingerprint density at radius 2 is 0.970 bits per heavy atom. The Kier molecular flexibility index (Phi) is 5.54. The minimum atomic E-state index is -0.565. The largest absolute Gasteiger partial charge is 0.508 e. The van der Waals surface area contributed by atoms with Crippen LogP contribution in [0.4, 0.5) is 0 Å². The first-order chi connectivity index (χ1) is 15.6. The zero-order valence-corrected chi connectivity index (χ0v) is 18.9. The molecule has 4 nitrogen and oxygen atoms in total. The van der Waals surface area contributed by atoms with Gasteiger partial charge in [0, 0.05) is 22.5 Å². The number of rotatable bonds is 5. The van der Waals surface area contributed by atoms with Gasteiger partial charge in [0.1, 0.15) is 23.0 Å². The van der Waals surface area contributed by atoms with E-state index >= 15 is 0 Å². The molecule has 0 heterocycles. The van der Waals surface area contributed by atoms with Crippen molar-refractivity contribution >= 4 is 0 Å². The maximum Gasteiger partial charge on any atom is 0.123 e. The molecule has 0 aliphatic heterocycles. The van der Waals surface area contributed by atoms with Crippen LogP contribution in [0.25, 0.3) is 0 Å². The van der Waals surface area contributed by atoms with Crippen LogP contribution < -0.4 is 0 Å². The van der Waals surface area contributed by atoms with Gasteiger partial charge in [-0.1, -0.05) is 68.4 Å². The van der Waals surface area contributed by atoms with Crippen LogP contribution in [0.3, 0.4) is 0 Å². The summed E-state index contributed by atoms with van der Waals surface area (Å²) < 4.78 is 0. The zero-order chi connectivity index (χ0) is 23.8. The molecular weight excluding hydrogens is 412 g/mol. The summed E-state index contributed by atoms with van der Waals surface area (Å²) in [7, 11) is 0. The number of phenols is 4. The Hall–Kier alpha value is -3.92. The molecule has 0 saturated heterocycles. The summed E-state index contributed by atoms with van der Waals surface area (Å²) in [4.78, 5) is 0. The predicted octanol–water partition coefficient (Wildman–Crippen LogP) is 6.19. The van der Waals surface area contributed by atoms with Crippen molar-refractivity contribution in [1.82, 2.24) is 0 Å². The van der Waals surface area contributed by atoms with E-state index in [-0.39, 0.29) is 23.0 Å². The summed E-state index contributed by atoms with van der Waals surface area (Å²) in [5.41, 5.74) is 3.64. The van der Waals surface area contributed by atoms with Crippen LogP contribution in [0.1, 0.15) is 48.6 Å². The lowest BCUT2D eigenvalue weighted by Crippen LogP contribution is -2.27. The molecule has 0 amide bonds. The molecule has 0 aliphatic rings. The van der Waals surface area contributed by atoms with Gasteiger partial charge in [-0.05, 0) is 59.5 Å².